The summed E-state index contributed by atoms with van der Waals surface area (Å²) in [4.78, 5) is 13.3. The lowest BCUT2D eigenvalue weighted by Crippen LogP contribution is -2.25. The van der Waals surface area contributed by atoms with Gasteiger partial charge in [0.15, 0.2) is 5.69 Å². The van der Waals surface area contributed by atoms with Crippen LogP contribution in [-0.4, -0.2) is 22.2 Å². The molecule has 0 saturated heterocycles. The molecule has 4 N–H and O–H groups in total. The lowest BCUT2D eigenvalue weighted by molar-refractivity contribution is -0.141. The fourth-order valence-corrected chi connectivity index (χ4v) is 4.48. The second-order valence-corrected chi connectivity index (χ2v) is 9.91. The summed E-state index contributed by atoms with van der Waals surface area (Å²) in [6.45, 7) is 0.862. The molecule has 1 aliphatic rings. The maximum atomic E-state index is 15.0. The molecule has 1 atom stereocenters. The van der Waals surface area contributed by atoms with E-state index in [9.17, 15) is 22.4 Å². The minimum atomic E-state index is -4.81. The summed E-state index contributed by atoms with van der Waals surface area (Å²) < 4.78 is 56.5. The second-order valence-electron chi connectivity index (χ2n) is 9.91. The molecule has 210 valence electrons. The summed E-state index contributed by atoms with van der Waals surface area (Å²) in [5.41, 5.74) is 6.58. The van der Waals surface area contributed by atoms with Crippen molar-refractivity contribution in [1.82, 2.24) is 15.1 Å². The molecule has 0 bridgehead atoms. The van der Waals surface area contributed by atoms with Crippen LogP contribution in [0.5, 0.6) is 0 Å². The molecule has 11 heteroatoms. The molecule has 0 spiro atoms. The second kappa shape index (κ2) is 11.5. The van der Waals surface area contributed by atoms with Crippen LogP contribution in [0, 0.1) is 23.1 Å². The summed E-state index contributed by atoms with van der Waals surface area (Å²) in [5, 5.41) is 18.7. The van der Waals surface area contributed by atoms with Crippen molar-refractivity contribution in [3.63, 3.8) is 0 Å². The highest BCUT2D eigenvalue weighted by Gasteiger charge is 2.36. The van der Waals surface area contributed by atoms with Crippen LogP contribution < -0.4 is 16.4 Å². The maximum Gasteiger partial charge on any atom is 0.435 e. The van der Waals surface area contributed by atoms with Gasteiger partial charge in [-0.1, -0.05) is 30.3 Å². The standard InChI is InChI=1S/C30H26F4N6O/c31-24-11-10-22(28(37-17-19-4-5-19)21-8-6-18(15-35)7-9-21)13-25(24)38-29(41)26-14-27(30(32,33)34)39-40(26)23-3-1-2-20(12-23)16-36/h1-3,6-14,19,28,37H,4-5,16-17,36H2,(H,38,41)/t28-/m1/s1. The fourth-order valence-electron chi connectivity index (χ4n) is 4.48. The average molecular weight is 563 g/mol. The van der Waals surface area contributed by atoms with E-state index in [1.165, 1.54) is 24.3 Å². The van der Waals surface area contributed by atoms with Crippen molar-refractivity contribution in [3.8, 4) is 11.8 Å². The van der Waals surface area contributed by atoms with E-state index in [0.717, 1.165) is 29.6 Å². The molecule has 1 aliphatic carbocycles. The van der Waals surface area contributed by atoms with Gasteiger partial charge in [-0.25, -0.2) is 9.07 Å². The number of alkyl halides is 3. The smallest absolute Gasteiger partial charge is 0.326 e. The third-order valence-corrected chi connectivity index (χ3v) is 6.88. The summed E-state index contributed by atoms with van der Waals surface area (Å²) >= 11 is 0. The first kappa shape index (κ1) is 28.0. The molecule has 5 rings (SSSR count). The zero-order valence-electron chi connectivity index (χ0n) is 21.8. The van der Waals surface area contributed by atoms with Crippen molar-refractivity contribution in [2.45, 2.75) is 31.6 Å². The predicted molar refractivity (Wildman–Crippen MR) is 145 cm³/mol. The van der Waals surface area contributed by atoms with Crippen molar-refractivity contribution in [3.05, 3.63) is 112 Å². The number of benzene rings is 3. The third-order valence-electron chi connectivity index (χ3n) is 6.88. The van der Waals surface area contributed by atoms with Gasteiger partial charge in [-0.15, -0.1) is 0 Å². The van der Waals surface area contributed by atoms with Gasteiger partial charge in [0.2, 0.25) is 0 Å². The van der Waals surface area contributed by atoms with Crippen LogP contribution in [0.15, 0.2) is 72.8 Å². The van der Waals surface area contributed by atoms with Gasteiger partial charge in [0, 0.05) is 12.6 Å². The van der Waals surface area contributed by atoms with E-state index in [1.807, 2.05) is 0 Å². The van der Waals surface area contributed by atoms with Crippen molar-refractivity contribution in [1.29, 1.82) is 5.26 Å². The number of carbonyl (C=O) groups excluding carboxylic acids is 1. The minimum Gasteiger partial charge on any atom is -0.326 e. The lowest BCUT2D eigenvalue weighted by Gasteiger charge is -2.21. The highest BCUT2D eigenvalue weighted by molar-refractivity contribution is 6.03. The van der Waals surface area contributed by atoms with Gasteiger partial charge in [0.25, 0.3) is 5.91 Å². The van der Waals surface area contributed by atoms with E-state index in [4.69, 9.17) is 11.0 Å². The Morgan fingerprint density at radius 1 is 1.07 bits per heavy atom. The number of nitrogens with zero attached hydrogens (tertiary/aromatic N) is 3. The number of aromatic nitrogens is 2. The van der Waals surface area contributed by atoms with Gasteiger partial charge in [-0.2, -0.15) is 23.5 Å². The van der Waals surface area contributed by atoms with E-state index in [0.29, 0.717) is 28.7 Å². The van der Waals surface area contributed by atoms with Gasteiger partial charge < -0.3 is 16.4 Å². The zero-order chi connectivity index (χ0) is 29.1. The van der Waals surface area contributed by atoms with E-state index >= 15 is 0 Å². The van der Waals surface area contributed by atoms with Crippen LogP contribution >= 0.6 is 0 Å². The van der Waals surface area contributed by atoms with Gasteiger partial charge in [-0.05, 0) is 78.4 Å². The number of hydrogen-bond acceptors (Lipinski definition) is 5. The molecule has 1 amide bonds. The van der Waals surface area contributed by atoms with Crippen LogP contribution in [0.1, 0.15) is 57.3 Å². The van der Waals surface area contributed by atoms with Gasteiger partial charge in [-0.3, -0.25) is 4.79 Å². The highest BCUT2D eigenvalue weighted by atomic mass is 19.4. The molecule has 0 radical (unpaired) electrons. The van der Waals surface area contributed by atoms with E-state index in [-0.39, 0.29) is 24.0 Å². The molecule has 0 aliphatic heterocycles. The Bertz CT molecular complexity index is 1600. The number of amides is 1. The largest absolute Gasteiger partial charge is 0.435 e. The molecule has 7 nitrogen and oxygen atoms in total. The first-order valence-electron chi connectivity index (χ1n) is 13.0. The molecule has 1 aromatic heterocycles. The number of nitrogens with one attached hydrogen (secondary N) is 2. The SMILES string of the molecule is N#Cc1ccc([C@@H](NCC2CC2)c2ccc(F)c(NC(=O)c3cc(C(F)(F)F)nn3-c3cccc(CN)c3)c2)cc1. The van der Waals surface area contributed by atoms with E-state index in [2.05, 4.69) is 21.8 Å². The summed E-state index contributed by atoms with van der Waals surface area (Å²) in [6.07, 6.45) is -2.59. The third kappa shape index (κ3) is 6.45. The minimum absolute atomic E-state index is 0.135. The Hall–Kier alpha value is -4.53. The van der Waals surface area contributed by atoms with Gasteiger partial charge >= 0.3 is 6.18 Å². The topological polar surface area (TPSA) is 109 Å². The lowest BCUT2D eigenvalue weighted by atomic mass is 9.97. The molecule has 0 unspecified atom stereocenters. The van der Waals surface area contributed by atoms with E-state index in [1.54, 1.807) is 42.5 Å². The number of nitrogens with two attached hydrogens (primary N) is 1. The molecule has 3 aromatic carbocycles. The first-order chi connectivity index (χ1) is 19.7. The van der Waals surface area contributed by atoms with Crippen LogP contribution in [0.3, 0.4) is 0 Å². The van der Waals surface area contributed by atoms with Crippen LogP contribution in [0.2, 0.25) is 0 Å². The van der Waals surface area contributed by atoms with Gasteiger partial charge in [0.05, 0.1) is 29.0 Å². The molecular formula is C30H26F4N6O. The zero-order valence-corrected chi connectivity index (χ0v) is 21.8. The number of carbonyl (C=O) groups is 1. The van der Waals surface area contributed by atoms with Gasteiger partial charge in [0.1, 0.15) is 11.5 Å². The predicted octanol–water partition coefficient (Wildman–Crippen LogP) is 5.70. The van der Waals surface area contributed by atoms with Crippen molar-refractivity contribution < 1.29 is 22.4 Å². The summed E-state index contributed by atoms with van der Waals surface area (Å²) in [5.74, 6) is -1.19. The average Bonchev–Trinajstić information content (AvgIpc) is 3.68. The quantitative estimate of drug-likeness (QED) is 0.227. The number of anilines is 1. The Balaban J connectivity index is 1.48. The Morgan fingerprint density at radius 3 is 2.46 bits per heavy atom. The first-order valence-corrected chi connectivity index (χ1v) is 13.0. The monoisotopic (exact) mass is 562 g/mol. The normalized spacial score (nSPS) is 14.0. The Labute approximate surface area is 233 Å². The number of halogens is 4. The Kier molecular flexibility index (Phi) is 7.88. The molecular weight excluding hydrogens is 536 g/mol. The molecule has 4 aromatic rings. The van der Waals surface area contributed by atoms with Crippen molar-refractivity contribution >= 4 is 11.6 Å². The fraction of sp³-hybridized carbons (Fsp3) is 0.233. The van der Waals surface area contributed by atoms with Crippen LogP contribution in [0.25, 0.3) is 5.69 Å². The van der Waals surface area contributed by atoms with Crippen LogP contribution in [-0.2, 0) is 12.7 Å². The highest BCUT2D eigenvalue weighted by Crippen LogP contribution is 2.33. The molecule has 1 saturated carbocycles. The molecule has 1 heterocycles. The summed E-state index contributed by atoms with van der Waals surface area (Å²) in [7, 11) is 0. The molecule has 1 fully saturated rings. The van der Waals surface area contributed by atoms with E-state index < -0.39 is 29.3 Å². The number of nitriles is 1. The summed E-state index contributed by atoms with van der Waals surface area (Å²) in [6, 6.07) is 19.9. The van der Waals surface area contributed by atoms with Crippen LogP contribution in [0.4, 0.5) is 23.2 Å². The van der Waals surface area contributed by atoms with Crippen molar-refractivity contribution in [2.24, 2.45) is 11.7 Å². The number of rotatable bonds is 9. The Morgan fingerprint density at radius 2 is 1.80 bits per heavy atom. The maximum absolute atomic E-state index is 15.0. The number of hydrogen-bond donors (Lipinski definition) is 3. The van der Waals surface area contributed by atoms with Crippen molar-refractivity contribution in [2.75, 3.05) is 11.9 Å². The molecule has 41 heavy (non-hydrogen) atoms.